The third-order valence-electron chi connectivity index (χ3n) is 2.94. The summed E-state index contributed by atoms with van der Waals surface area (Å²) in [5.41, 5.74) is 1.09. The number of nitrogens with one attached hydrogen (secondary N) is 1. The molecule has 0 spiro atoms. The van der Waals surface area contributed by atoms with E-state index in [4.69, 9.17) is 0 Å². The van der Waals surface area contributed by atoms with Gasteiger partial charge < -0.3 is 5.11 Å². The van der Waals surface area contributed by atoms with Crippen LogP contribution in [0.25, 0.3) is 0 Å². The van der Waals surface area contributed by atoms with Crippen molar-refractivity contribution < 1.29 is 9.90 Å². The summed E-state index contributed by atoms with van der Waals surface area (Å²) in [5.74, 6) is -0.773. The van der Waals surface area contributed by atoms with Crippen molar-refractivity contribution in [2.24, 2.45) is 0 Å². The lowest BCUT2D eigenvalue weighted by atomic mass is 10.1. The molecular weight excluding hydrogens is 294 g/mol. The molecular formula is C14H20BrNO2. The van der Waals surface area contributed by atoms with E-state index in [2.05, 4.69) is 28.2 Å². The van der Waals surface area contributed by atoms with Gasteiger partial charge in [-0.25, -0.2) is 0 Å². The fourth-order valence-corrected chi connectivity index (χ4v) is 2.28. The molecule has 0 heterocycles. The van der Waals surface area contributed by atoms with Crippen molar-refractivity contribution in [1.29, 1.82) is 0 Å². The molecule has 0 aliphatic heterocycles. The summed E-state index contributed by atoms with van der Waals surface area (Å²) in [7, 11) is 0. The Hall–Kier alpha value is -0.870. The van der Waals surface area contributed by atoms with Crippen molar-refractivity contribution in [1.82, 2.24) is 5.32 Å². The molecule has 0 aliphatic rings. The fourth-order valence-electron chi connectivity index (χ4n) is 1.86. The number of hydrogen-bond donors (Lipinski definition) is 2. The number of benzene rings is 1. The monoisotopic (exact) mass is 313 g/mol. The van der Waals surface area contributed by atoms with Gasteiger partial charge in [-0.2, -0.15) is 0 Å². The maximum atomic E-state index is 11.2. The second-order valence-corrected chi connectivity index (χ2v) is 5.39. The van der Waals surface area contributed by atoms with E-state index in [1.54, 1.807) is 0 Å². The van der Waals surface area contributed by atoms with Crippen molar-refractivity contribution in [3.8, 4) is 0 Å². The molecule has 3 nitrogen and oxygen atoms in total. The van der Waals surface area contributed by atoms with Gasteiger partial charge in [0.1, 0.15) is 6.04 Å². The van der Waals surface area contributed by atoms with Crippen molar-refractivity contribution in [3.05, 3.63) is 34.3 Å². The van der Waals surface area contributed by atoms with Gasteiger partial charge in [0.25, 0.3) is 0 Å². The lowest BCUT2D eigenvalue weighted by molar-refractivity contribution is -0.139. The second-order valence-electron chi connectivity index (χ2n) is 4.48. The van der Waals surface area contributed by atoms with Crippen LogP contribution in [0.1, 0.15) is 44.7 Å². The molecule has 0 bridgehead atoms. The van der Waals surface area contributed by atoms with E-state index >= 15 is 0 Å². The standard InChI is InChI=1S/C14H20BrNO2/c1-3-4-8-13(14(17)18)16-10(2)11-6-5-7-12(15)9-11/h5-7,9-10,13,16H,3-4,8H2,1-2H3,(H,17,18)/t10-,13?/m0/s1. The van der Waals surface area contributed by atoms with Crippen LogP contribution in [0, 0.1) is 0 Å². The molecule has 0 fully saturated rings. The van der Waals surface area contributed by atoms with E-state index in [1.165, 1.54) is 0 Å². The topological polar surface area (TPSA) is 49.3 Å². The van der Waals surface area contributed by atoms with Gasteiger partial charge in [-0.15, -0.1) is 0 Å². The summed E-state index contributed by atoms with van der Waals surface area (Å²) < 4.78 is 1.01. The Morgan fingerprint density at radius 1 is 1.50 bits per heavy atom. The first-order valence-corrected chi connectivity index (χ1v) is 7.08. The molecule has 0 radical (unpaired) electrons. The molecule has 2 N–H and O–H groups in total. The third kappa shape index (κ3) is 4.78. The summed E-state index contributed by atoms with van der Waals surface area (Å²) in [6.45, 7) is 4.06. The normalized spacial score (nSPS) is 14.2. The van der Waals surface area contributed by atoms with E-state index in [1.807, 2.05) is 31.2 Å². The van der Waals surface area contributed by atoms with Crippen LogP contribution in [0.5, 0.6) is 0 Å². The van der Waals surface area contributed by atoms with E-state index in [0.29, 0.717) is 6.42 Å². The molecule has 4 heteroatoms. The van der Waals surface area contributed by atoms with E-state index in [-0.39, 0.29) is 6.04 Å². The summed E-state index contributed by atoms with van der Waals surface area (Å²) in [6.07, 6.45) is 2.61. The first kappa shape index (κ1) is 15.2. The maximum absolute atomic E-state index is 11.2. The van der Waals surface area contributed by atoms with Gasteiger partial charge in [0, 0.05) is 10.5 Å². The highest BCUT2D eigenvalue weighted by atomic mass is 79.9. The van der Waals surface area contributed by atoms with Gasteiger partial charge in [-0.05, 0) is 31.0 Å². The number of carboxylic acids is 1. The molecule has 1 rings (SSSR count). The quantitative estimate of drug-likeness (QED) is 0.806. The average Bonchev–Trinajstić information content (AvgIpc) is 2.33. The molecule has 1 aromatic carbocycles. The molecule has 2 atom stereocenters. The predicted octanol–water partition coefficient (Wildman–Crippen LogP) is 3.74. The first-order valence-electron chi connectivity index (χ1n) is 6.29. The molecule has 1 aromatic rings. The summed E-state index contributed by atoms with van der Waals surface area (Å²) in [4.78, 5) is 11.2. The van der Waals surface area contributed by atoms with Gasteiger partial charge in [-0.3, -0.25) is 10.1 Å². The number of hydrogen-bond acceptors (Lipinski definition) is 2. The smallest absolute Gasteiger partial charge is 0.320 e. The number of unbranched alkanes of at least 4 members (excludes halogenated alkanes) is 1. The van der Waals surface area contributed by atoms with Crippen LogP contribution in [0.3, 0.4) is 0 Å². The van der Waals surface area contributed by atoms with Crippen molar-refractivity contribution >= 4 is 21.9 Å². The minimum atomic E-state index is -0.773. The van der Waals surface area contributed by atoms with Crippen molar-refractivity contribution in [3.63, 3.8) is 0 Å². The molecule has 1 unspecified atom stereocenters. The highest BCUT2D eigenvalue weighted by molar-refractivity contribution is 9.10. The maximum Gasteiger partial charge on any atom is 0.320 e. The van der Waals surface area contributed by atoms with Gasteiger partial charge >= 0.3 is 5.97 Å². The Morgan fingerprint density at radius 2 is 2.22 bits per heavy atom. The predicted molar refractivity (Wildman–Crippen MR) is 76.6 cm³/mol. The van der Waals surface area contributed by atoms with Gasteiger partial charge in [-0.1, -0.05) is 47.8 Å². The van der Waals surface area contributed by atoms with Crippen LogP contribution >= 0.6 is 15.9 Å². The van der Waals surface area contributed by atoms with Crippen LogP contribution in [0.4, 0.5) is 0 Å². The number of rotatable bonds is 7. The largest absolute Gasteiger partial charge is 0.480 e. The Kier molecular flexibility index (Phi) is 6.36. The zero-order valence-corrected chi connectivity index (χ0v) is 12.4. The second kappa shape index (κ2) is 7.54. The number of aliphatic carboxylic acids is 1. The van der Waals surface area contributed by atoms with Crippen LogP contribution < -0.4 is 5.32 Å². The molecule has 100 valence electrons. The summed E-state index contributed by atoms with van der Waals surface area (Å²) in [5, 5.41) is 12.4. The van der Waals surface area contributed by atoms with Crippen LogP contribution in [0.2, 0.25) is 0 Å². The summed E-state index contributed by atoms with van der Waals surface area (Å²) in [6, 6.07) is 7.48. The number of carbonyl (C=O) groups is 1. The zero-order valence-electron chi connectivity index (χ0n) is 10.8. The molecule has 0 aliphatic carbocycles. The molecule has 0 amide bonds. The first-order chi connectivity index (χ1) is 8.54. The van der Waals surface area contributed by atoms with Crippen LogP contribution in [0.15, 0.2) is 28.7 Å². The third-order valence-corrected chi connectivity index (χ3v) is 3.44. The Morgan fingerprint density at radius 3 is 2.78 bits per heavy atom. The van der Waals surface area contributed by atoms with Crippen LogP contribution in [-0.2, 0) is 4.79 Å². The van der Waals surface area contributed by atoms with Crippen molar-refractivity contribution in [2.75, 3.05) is 0 Å². The minimum absolute atomic E-state index is 0.0282. The molecule has 0 aromatic heterocycles. The molecule has 0 saturated carbocycles. The van der Waals surface area contributed by atoms with E-state index in [9.17, 15) is 9.90 Å². The average molecular weight is 314 g/mol. The van der Waals surface area contributed by atoms with E-state index in [0.717, 1.165) is 22.9 Å². The number of carboxylic acid groups (broad SMARTS) is 1. The van der Waals surface area contributed by atoms with Gasteiger partial charge in [0.15, 0.2) is 0 Å². The lowest BCUT2D eigenvalue weighted by Crippen LogP contribution is -2.38. The fraction of sp³-hybridized carbons (Fsp3) is 0.500. The zero-order chi connectivity index (χ0) is 13.5. The Balaban J connectivity index is 2.65. The summed E-state index contributed by atoms with van der Waals surface area (Å²) >= 11 is 3.42. The van der Waals surface area contributed by atoms with Gasteiger partial charge in [0.05, 0.1) is 0 Å². The van der Waals surface area contributed by atoms with Gasteiger partial charge in [0.2, 0.25) is 0 Å². The highest BCUT2D eigenvalue weighted by Crippen LogP contribution is 2.19. The Bertz CT molecular complexity index is 395. The van der Waals surface area contributed by atoms with Crippen LogP contribution in [-0.4, -0.2) is 17.1 Å². The number of halogens is 1. The highest BCUT2D eigenvalue weighted by Gasteiger charge is 2.19. The SMILES string of the molecule is CCCCC(N[C@@H](C)c1cccc(Br)c1)C(=O)O. The lowest BCUT2D eigenvalue weighted by Gasteiger charge is -2.20. The molecule has 0 saturated heterocycles. The van der Waals surface area contributed by atoms with E-state index < -0.39 is 12.0 Å². The Labute approximate surface area is 117 Å². The molecule has 18 heavy (non-hydrogen) atoms. The van der Waals surface area contributed by atoms with Crippen molar-refractivity contribution in [2.45, 2.75) is 45.2 Å². The minimum Gasteiger partial charge on any atom is -0.480 e.